The first-order chi connectivity index (χ1) is 8.50. The molecule has 0 aliphatic rings. The van der Waals surface area contributed by atoms with Crippen molar-refractivity contribution in [1.82, 2.24) is 4.90 Å². The van der Waals surface area contributed by atoms with E-state index in [1.807, 2.05) is 12.1 Å². The van der Waals surface area contributed by atoms with Crippen LogP contribution in [-0.4, -0.2) is 42.2 Å². The quantitative estimate of drug-likeness (QED) is 0.774. The third-order valence-electron chi connectivity index (χ3n) is 2.74. The molecule has 1 aromatic rings. The van der Waals surface area contributed by atoms with Crippen LogP contribution in [0.3, 0.4) is 0 Å². The highest BCUT2D eigenvalue weighted by Crippen LogP contribution is 2.17. The summed E-state index contributed by atoms with van der Waals surface area (Å²) in [6, 6.07) is 6.74. The molecule has 0 radical (unpaired) electrons. The van der Waals surface area contributed by atoms with Crippen LogP contribution in [0.2, 0.25) is 5.02 Å². The van der Waals surface area contributed by atoms with Gasteiger partial charge in [-0.2, -0.15) is 0 Å². The summed E-state index contributed by atoms with van der Waals surface area (Å²) >= 11 is 5.83. The lowest BCUT2D eigenvalue weighted by atomic mass is 10.3. The molecule has 0 aliphatic carbocycles. The van der Waals surface area contributed by atoms with E-state index in [2.05, 4.69) is 0 Å². The van der Waals surface area contributed by atoms with Gasteiger partial charge in [0.05, 0.1) is 6.61 Å². The Morgan fingerprint density at radius 2 is 2.28 bits per heavy atom. The van der Waals surface area contributed by atoms with Crippen molar-refractivity contribution in [1.29, 1.82) is 0 Å². The van der Waals surface area contributed by atoms with Gasteiger partial charge < -0.3 is 9.84 Å². The lowest BCUT2D eigenvalue weighted by Gasteiger charge is -2.20. The molecular formula is C13H18ClNO3. The van der Waals surface area contributed by atoms with Gasteiger partial charge in [-0.3, -0.25) is 9.69 Å². The molecule has 0 aromatic heterocycles. The van der Waals surface area contributed by atoms with Crippen LogP contribution >= 0.6 is 11.6 Å². The van der Waals surface area contributed by atoms with E-state index in [0.717, 1.165) is 12.2 Å². The number of ether oxygens (including phenoxy) is 1. The minimum Gasteiger partial charge on any atom is -0.493 e. The van der Waals surface area contributed by atoms with Crippen LogP contribution in [0, 0.1) is 0 Å². The van der Waals surface area contributed by atoms with Gasteiger partial charge in [-0.1, -0.05) is 17.7 Å². The van der Waals surface area contributed by atoms with Gasteiger partial charge in [0.1, 0.15) is 11.8 Å². The van der Waals surface area contributed by atoms with E-state index in [4.69, 9.17) is 21.4 Å². The third-order valence-corrected chi connectivity index (χ3v) is 2.97. The monoisotopic (exact) mass is 271 g/mol. The maximum atomic E-state index is 10.7. The summed E-state index contributed by atoms with van der Waals surface area (Å²) in [5.74, 6) is -0.0790. The van der Waals surface area contributed by atoms with Gasteiger partial charge in [0.15, 0.2) is 0 Å². The maximum Gasteiger partial charge on any atom is 0.320 e. The average molecular weight is 272 g/mol. The predicted molar refractivity (Wildman–Crippen MR) is 71.3 cm³/mol. The Morgan fingerprint density at radius 3 is 2.89 bits per heavy atom. The Balaban J connectivity index is 2.25. The van der Waals surface area contributed by atoms with E-state index in [9.17, 15) is 4.79 Å². The molecule has 0 bridgehead atoms. The first-order valence-corrected chi connectivity index (χ1v) is 6.20. The van der Waals surface area contributed by atoms with Gasteiger partial charge in [0.25, 0.3) is 0 Å². The highest BCUT2D eigenvalue weighted by atomic mass is 35.5. The molecule has 1 atom stereocenters. The van der Waals surface area contributed by atoms with Crippen molar-refractivity contribution in [3.05, 3.63) is 29.3 Å². The van der Waals surface area contributed by atoms with Crippen LogP contribution in [0.15, 0.2) is 24.3 Å². The number of carboxylic acids is 1. The molecule has 0 spiro atoms. The smallest absolute Gasteiger partial charge is 0.320 e. The van der Waals surface area contributed by atoms with Crippen molar-refractivity contribution in [2.45, 2.75) is 19.4 Å². The second-order valence-electron chi connectivity index (χ2n) is 4.15. The molecule has 1 rings (SSSR count). The molecule has 0 aliphatic heterocycles. The number of likely N-dealkylation sites (N-methyl/N-ethyl adjacent to an activating group) is 1. The summed E-state index contributed by atoms with van der Waals surface area (Å²) in [4.78, 5) is 12.5. The van der Waals surface area contributed by atoms with Crippen molar-refractivity contribution in [2.24, 2.45) is 0 Å². The largest absolute Gasteiger partial charge is 0.493 e. The van der Waals surface area contributed by atoms with Crippen molar-refractivity contribution in [3.63, 3.8) is 0 Å². The second-order valence-corrected chi connectivity index (χ2v) is 4.59. The first kappa shape index (κ1) is 14.8. The van der Waals surface area contributed by atoms with E-state index in [0.29, 0.717) is 18.2 Å². The topological polar surface area (TPSA) is 49.8 Å². The van der Waals surface area contributed by atoms with Gasteiger partial charge in [-0.25, -0.2) is 0 Å². The van der Waals surface area contributed by atoms with Crippen LogP contribution in [0.5, 0.6) is 5.75 Å². The van der Waals surface area contributed by atoms with E-state index in [-0.39, 0.29) is 0 Å². The van der Waals surface area contributed by atoms with E-state index in [1.54, 1.807) is 31.0 Å². The summed E-state index contributed by atoms with van der Waals surface area (Å²) in [6.45, 7) is 2.88. The minimum atomic E-state index is -0.812. The number of carboxylic acid groups (broad SMARTS) is 1. The fraction of sp³-hybridized carbons (Fsp3) is 0.462. The van der Waals surface area contributed by atoms with Gasteiger partial charge in [-0.05, 0) is 38.6 Å². The van der Waals surface area contributed by atoms with Crippen LogP contribution in [0.4, 0.5) is 0 Å². The van der Waals surface area contributed by atoms with Crippen LogP contribution < -0.4 is 4.74 Å². The molecule has 1 aromatic carbocycles. The Kier molecular flexibility index (Phi) is 5.95. The first-order valence-electron chi connectivity index (χ1n) is 5.82. The molecule has 0 heterocycles. The summed E-state index contributed by atoms with van der Waals surface area (Å²) in [5, 5.41) is 9.47. The fourth-order valence-corrected chi connectivity index (χ4v) is 1.62. The standard InChI is InChI=1S/C13H18ClNO3/c1-10(13(16)17)15(2)7-4-8-18-12-6-3-5-11(14)9-12/h3,5-6,9-10H,4,7-8H2,1-2H3,(H,16,17)/t10-/m1/s1. The van der Waals surface area contributed by atoms with Crippen LogP contribution in [-0.2, 0) is 4.79 Å². The number of hydrogen-bond donors (Lipinski definition) is 1. The number of hydrogen-bond acceptors (Lipinski definition) is 3. The number of carbonyl (C=O) groups is 1. The highest BCUT2D eigenvalue weighted by molar-refractivity contribution is 6.30. The maximum absolute atomic E-state index is 10.7. The van der Waals surface area contributed by atoms with Gasteiger partial charge in [-0.15, -0.1) is 0 Å². The SMILES string of the molecule is C[C@H](C(=O)O)N(C)CCCOc1cccc(Cl)c1. The number of nitrogens with zero attached hydrogens (tertiary/aromatic N) is 1. The third kappa shape index (κ3) is 4.94. The Labute approximate surface area is 112 Å². The Hall–Kier alpha value is -1.26. The second kappa shape index (κ2) is 7.24. The number of benzene rings is 1. The Bertz CT molecular complexity index is 398. The van der Waals surface area contributed by atoms with E-state index >= 15 is 0 Å². The summed E-state index contributed by atoms with van der Waals surface area (Å²) in [7, 11) is 1.79. The molecule has 0 saturated carbocycles. The molecule has 100 valence electrons. The van der Waals surface area contributed by atoms with Gasteiger partial charge in [0.2, 0.25) is 0 Å². The molecular weight excluding hydrogens is 254 g/mol. The molecule has 4 nitrogen and oxygen atoms in total. The molecule has 0 saturated heterocycles. The molecule has 0 unspecified atom stereocenters. The normalized spacial score (nSPS) is 12.4. The van der Waals surface area contributed by atoms with Crippen molar-refractivity contribution in [2.75, 3.05) is 20.2 Å². The summed E-state index contributed by atoms with van der Waals surface area (Å²) < 4.78 is 5.52. The van der Waals surface area contributed by atoms with E-state index < -0.39 is 12.0 Å². The minimum absolute atomic E-state index is 0.476. The number of aliphatic carboxylic acids is 1. The molecule has 1 N–H and O–H groups in total. The molecule has 5 heteroatoms. The van der Waals surface area contributed by atoms with Crippen LogP contribution in [0.25, 0.3) is 0 Å². The lowest BCUT2D eigenvalue weighted by molar-refractivity contribution is -0.142. The zero-order chi connectivity index (χ0) is 13.5. The zero-order valence-corrected chi connectivity index (χ0v) is 11.4. The molecule has 0 fully saturated rings. The van der Waals surface area contributed by atoms with Crippen molar-refractivity contribution >= 4 is 17.6 Å². The fourth-order valence-electron chi connectivity index (χ4n) is 1.44. The van der Waals surface area contributed by atoms with Gasteiger partial charge >= 0.3 is 5.97 Å². The summed E-state index contributed by atoms with van der Waals surface area (Å²) in [5.41, 5.74) is 0. The lowest BCUT2D eigenvalue weighted by Crippen LogP contribution is -2.36. The number of rotatable bonds is 7. The van der Waals surface area contributed by atoms with Crippen molar-refractivity contribution in [3.8, 4) is 5.75 Å². The molecule has 18 heavy (non-hydrogen) atoms. The summed E-state index contributed by atoms with van der Waals surface area (Å²) in [6.07, 6.45) is 0.765. The van der Waals surface area contributed by atoms with Crippen molar-refractivity contribution < 1.29 is 14.6 Å². The van der Waals surface area contributed by atoms with Gasteiger partial charge in [0, 0.05) is 11.6 Å². The number of halogens is 1. The highest BCUT2D eigenvalue weighted by Gasteiger charge is 2.15. The zero-order valence-electron chi connectivity index (χ0n) is 10.6. The molecule has 0 amide bonds. The predicted octanol–water partition coefficient (Wildman–Crippen LogP) is 2.51. The average Bonchev–Trinajstić information content (AvgIpc) is 2.33. The Morgan fingerprint density at radius 1 is 1.56 bits per heavy atom. The van der Waals surface area contributed by atoms with Crippen LogP contribution in [0.1, 0.15) is 13.3 Å². The van der Waals surface area contributed by atoms with E-state index in [1.165, 1.54) is 0 Å².